The van der Waals surface area contributed by atoms with Crippen LogP contribution in [-0.2, 0) is 32.6 Å². The summed E-state index contributed by atoms with van der Waals surface area (Å²) in [5.41, 5.74) is 2.08. The molecule has 0 radical (unpaired) electrons. The highest BCUT2D eigenvalue weighted by atomic mass is 35.5. The molecule has 0 aliphatic carbocycles. The Bertz CT molecular complexity index is 1420. The van der Waals surface area contributed by atoms with Gasteiger partial charge in [0.15, 0.2) is 0 Å². The van der Waals surface area contributed by atoms with Crippen LogP contribution in [-0.4, -0.2) is 57.1 Å². The summed E-state index contributed by atoms with van der Waals surface area (Å²) < 4.78 is 31.8. The lowest BCUT2D eigenvalue weighted by atomic mass is 10.0. The minimum Gasteiger partial charge on any atom is -0.497 e. The van der Waals surface area contributed by atoms with E-state index in [4.69, 9.17) is 16.3 Å². The van der Waals surface area contributed by atoms with Crippen molar-refractivity contribution in [3.63, 3.8) is 0 Å². The van der Waals surface area contributed by atoms with Crippen LogP contribution in [0.1, 0.15) is 37.8 Å². The molecule has 8 nitrogen and oxygen atoms in total. The summed E-state index contributed by atoms with van der Waals surface area (Å²) in [7, 11) is -2.12. The molecule has 0 aromatic heterocycles. The van der Waals surface area contributed by atoms with Crippen LogP contribution in [0.5, 0.6) is 5.75 Å². The van der Waals surface area contributed by atoms with Crippen LogP contribution < -0.4 is 14.4 Å². The first-order valence-corrected chi connectivity index (χ1v) is 15.7. The average Bonchev–Trinajstić information content (AvgIpc) is 2.93. The monoisotopic (exact) mass is 599 g/mol. The van der Waals surface area contributed by atoms with Gasteiger partial charge in [-0.2, -0.15) is 0 Å². The van der Waals surface area contributed by atoms with E-state index in [1.54, 1.807) is 35.2 Å². The van der Waals surface area contributed by atoms with Crippen LogP contribution in [0.15, 0.2) is 78.9 Å². The first-order chi connectivity index (χ1) is 19.5. The van der Waals surface area contributed by atoms with E-state index in [2.05, 4.69) is 5.32 Å². The van der Waals surface area contributed by atoms with Crippen LogP contribution in [0.4, 0.5) is 5.69 Å². The van der Waals surface area contributed by atoms with Gasteiger partial charge in [-0.1, -0.05) is 66.2 Å². The predicted molar refractivity (Wildman–Crippen MR) is 164 cm³/mol. The van der Waals surface area contributed by atoms with E-state index < -0.39 is 16.1 Å². The van der Waals surface area contributed by atoms with E-state index in [1.807, 2.05) is 62.4 Å². The fraction of sp³-hybridized carbons (Fsp3) is 0.355. The maximum Gasteiger partial charge on any atom is 0.243 e. The standard InChI is InChI=1S/C31H38ClN3O5S/c1-23(2)33-31(37)29(20-24-12-6-5-7-13-24)34(22-25-14-8-9-17-28(25)32)30(36)18-11-19-35(41(4,38)39)26-15-10-16-27(21-26)40-3/h5-10,12-17,21,23,29H,11,18-20,22H2,1-4H3,(H,33,37). The first-order valence-electron chi connectivity index (χ1n) is 13.5. The number of amides is 2. The summed E-state index contributed by atoms with van der Waals surface area (Å²) in [4.78, 5) is 28.9. The van der Waals surface area contributed by atoms with Gasteiger partial charge in [0.25, 0.3) is 0 Å². The highest BCUT2D eigenvalue weighted by molar-refractivity contribution is 7.92. The fourth-order valence-electron chi connectivity index (χ4n) is 4.51. The zero-order valence-electron chi connectivity index (χ0n) is 23.9. The summed E-state index contributed by atoms with van der Waals surface area (Å²) in [6.45, 7) is 3.96. The van der Waals surface area contributed by atoms with Crippen molar-refractivity contribution in [3.05, 3.63) is 95.0 Å². The van der Waals surface area contributed by atoms with Crippen LogP contribution in [0, 0.1) is 0 Å². The molecule has 3 rings (SSSR count). The predicted octanol–water partition coefficient (Wildman–Crippen LogP) is 5.06. The molecule has 0 fully saturated rings. The minimum atomic E-state index is -3.63. The number of hydrogen-bond donors (Lipinski definition) is 1. The quantitative estimate of drug-likeness (QED) is 0.279. The van der Waals surface area contributed by atoms with Crippen LogP contribution in [0.3, 0.4) is 0 Å². The van der Waals surface area contributed by atoms with Gasteiger partial charge in [-0.3, -0.25) is 13.9 Å². The SMILES string of the molecule is COc1cccc(N(CCCC(=O)N(Cc2ccccc2Cl)C(Cc2ccccc2)C(=O)NC(C)C)S(C)(=O)=O)c1. The zero-order chi connectivity index (χ0) is 30.0. The van der Waals surface area contributed by atoms with Crippen molar-refractivity contribution >= 4 is 39.1 Å². The lowest BCUT2D eigenvalue weighted by molar-refractivity contribution is -0.141. The molecule has 3 aromatic carbocycles. The second kappa shape index (κ2) is 14.9. The lowest BCUT2D eigenvalue weighted by Gasteiger charge is -2.32. The van der Waals surface area contributed by atoms with Crippen molar-refractivity contribution in [1.29, 1.82) is 0 Å². The van der Waals surface area contributed by atoms with Crippen molar-refractivity contribution in [1.82, 2.24) is 10.2 Å². The highest BCUT2D eigenvalue weighted by Gasteiger charge is 2.31. The number of anilines is 1. The molecule has 3 aromatic rings. The molecule has 0 spiro atoms. The molecule has 0 heterocycles. The number of methoxy groups -OCH3 is 1. The first kappa shape index (κ1) is 32.0. The summed E-state index contributed by atoms with van der Waals surface area (Å²) >= 11 is 6.47. The number of halogens is 1. The maximum atomic E-state index is 13.9. The van der Waals surface area contributed by atoms with Gasteiger partial charge >= 0.3 is 0 Å². The van der Waals surface area contributed by atoms with Crippen molar-refractivity contribution in [3.8, 4) is 5.75 Å². The zero-order valence-corrected chi connectivity index (χ0v) is 25.5. The van der Waals surface area contributed by atoms with E-state index in [1.165, 1.54) is 11.4 Å². The minimum absolute atomic E-state index is 0.0285. The molecular weight excluding hydrogens is 562 g/mol. The van der Waals surface area contributed by atoms with E-state index in [0.717, 1.165) is 11.8 Å². The molecule has 1 unspecified atom stereocenters. The molecular formula is C31H38ClN3O5S. The molecule has 1 atom stereocenters. The van der Waals surface area contributed by atoms with Crippen LogP contribution >= 0.6 is 11.6 Å². The average molecular weight is 600 g/mol. The maximum absolute atomic E-state index is 13.9. The van der Waals surface area contributed by atoms with Gasteiger partial charge in [0, 0.05) is 43.1 Å². The molecule has 0 bridgehead atoms. The number of sulfonamides is 1. The lowest BCUT2D eigenvalue weighted by Crippen LogP contribution is -2.51. The third-order valence-electron chi connectivity index (χ3n) is 6.49. The summed E-state index contributed by atoms with van der Waals surface area (Å²) in [5, 5.41) is 3.45. The topological polar surface area (TPSA) is 96.0 Å². The molecule has 0 aliphatic rings. The van der Waals surface area contributed by atoms with Crippen molar-refractivity contribution in [2.75, 3.05) is 24.2 Å². The van der Waals surface area contributed by atoms with E-state index in [9.17, 15) is 18.0 Å². The fourth-order valence-corrected chi connectivity index (χ4v) is 5.67. The van der Waals surface area contributed by atoms with Gasteiger partial charge in [0.1, 0.15) is 11.8 Å². The van der Waals surface area contributed by atoms with Crippen molar-refractivity contribution < 1.29 is 22.7 Å². The Morgan fingerprint density at radius 2 is 1.66 bits per heavy atom. The Balaban J connectivity index is 1.89. The number of carbonyl (C=O) groups excluding carboxylic acids is 2. The van der Waals surface area contributed by atoms with Gasteiger partial charge in [-0.15, -0.1) is 0 Å². The smallest absolute Gasteiger partial charge is 0.243 e. The van der Waals surface area contributed by atoms with E-state index in [0.29, 0.717) is 28.4 Å². The summed E-state index contributed by atoms with van der Waals surface area (Å²) in [6, 6.07) is 22.6. The normalized spacial score (nSPS) is 12.0. The Morgan fingerprint density at radius 1 is 0.976 bits per heavy atom. The third-order valence-corrected chi connectivity index (χ3v) is 8.06. The highest BCUT2D eigenvalue weighted by Crippen LogP contribution is 2.25. The molecule has 0 aliphatic heterocycles. The van der Waals surface area contributed by atoms with Crippen LogP contribution in [0.25, 0.3) is 0 Å². The van der Waals surface area contributed by atoms with Gasteiger partial charge < -0.3 is 15.0 Å². The third kappa shape index (κ3) is 9.50. The number of carbonyl (C=O) groups is 2. The number of ether oxygens (including phenoxy) is 1. The van der Waals surface area contributed by atoms with E-state index in [-0.39, 0.29) is 43.8 Å². The number of hydrogen-bond acceptors (Lipinski definition) is 5. The molecule has 1 N–H and O–H groups in total. The van der Waals surface area contributed by atoms with E-state index >= 15 is 0 Å². The summed E-state index contributed by atoms with van der Waals surface area (Å²) in [5.74, 6) is -0.0136. The molecule has 0 saturated carbocycles. The molecule has 0 saturated heterocycles. The van der Waals surface area contributed by atoms with Gasteiger partial charge in [0.2, 0.25) is 21.8 Å². The Hall–Kier alpha value is -3.56. The van der Waals surface area contributed by atoms with Crippen molar-refractivity contribution in [2.24, 2.45) is 0 Å². The molecule has 10 heteroatoms. The van der Waals surface area contributed by atoms with Gasteiger partial charge in [-0.25, -0.2) is 8.42 Å². The van der Waals surface area contributed by atoms with Crippen LogP contribution in [0.2, 0.25) is 5.02 Å². The second-order valence-corrected chi connectivity index (χ2v) is 12.4. The molecule has 2 amide bonds. The molecule has 41 heavy (non-hydrogen) atoms. The van der Waals surface area contributed by atoms with Gasteiger partial charge in [0.05, 0.1) is 19.1 Å². The number of nitrogens with one attached hydrogen (secondary N) is 1. The largest absolute Gasteiger partial charge is 0.497 e. The van der Waals surface area contributed by atoms with Gasteiger partial charge in [-0.05, 0) is 49.6 Å². The van der Waals surface area contributed by atoms with Crippen molar-refractivity contribution in [2.45, 2.75) is 51.7 Å². The number of benzene rings is 3. The number of rotatable bonds is 14. The Morgan fingerprint density at radius 3 is 2.29 bits per heavy atom. The summed E-state index contributed by atoms with van der Waals surface area (Å²) in [6.07, 6.45) is 1.71. The Kier molecular flexibility index (Phi) is 11.6. The Labute approximate surface area is 248 Å². The molecule has 220 valence electrons. The number of nitrogens with zero attached hydrogens (tertiary/aromatic N) is 2. The second-order valence-electron chi connectivity index (χ2n) is 10.1.